The molecule has 0 amide bonds. The van der Waals surface area contributed by atoms with E-state index in [1.165, 1.54) is 11.6 Å². The van der Waals surface area contributed by atoms with Crippen molar-refractivity contribution in [3.8, 4) is 5.75 Å². The first kappa shape index (κ1) is 25.1. The molecule has 0 saturated carbocycles. The highest BCUT2D eigenvalue weighted by Crippen LogP contribution is 2.27. The van der Waals surface area contributed by atoms with Gasteiger partial charge < -0.3 is 24.6 Å². The van der Waals surface area contributed by atoms with Gasteiger partial charge in [0.1, 0.15) is 18.5 Å². The van der Waals surface area contributed by atoms with Crippen molar-refractivity contribution in [3.05, 3.63) is 49.1 Å². The number of nitrogens with one attached hydrogen (secondary N) is 2. The first-order valence-electron chi connectivity index (χ1n) is 10.7. The first-order valence-corrected chi connectivity index (χ1v) is 11.4. The Morgan fingerprint density at radius 2 is 2.00 bits per heavy atom. The zero-order chi connectivity index (χ0) is 24.1. The summed E-state index contributed by atoms with van der Waals surface area (Å²) >= 11 is 12.0. The molecular formula is C21H28Cl2N6O4. The fraction of sp³-hybridized carbons (Fsp3) is 0.476. The normalized spacial score (nSPS) is 12.5. The molecular weight excluding hydrogens is 471 g/mol. The number of hydrogen-bond acceptors (Lipinski definition) is 7. The van der Waals surface area contributed by atoms with Crippen LogP contribution < -0.4 is 21.3 Å². The summed E-state index contributed by atoms with van der Waals surface area (Å²) in [6.45, 7) is 7.25. The molecule has 1 atom stereocenters. The lowest BCUT2D eigenvalue weighted by atomic mass is 10.3. The van der Waals surface area contributed by atoms with E-state index in [9.17, 15) is 14.7 Å². The van der Waals surface area contributed by atoms with E-state index >= 15 is 0 Å². The maximum atomic E-state index is 12.6. The van der Waals surface area contributed by atoms with Crippen molar-refractivity contribution in [2.24, 2.45) is 7.05 Å². The number of anilines is 1. The lowest BCUT2D eigenvalue weighted by Crippen LogP contribution is -2.31. The largest absolute Gasteiger partial charge is 0.489 e. The van der Waals surface area contributed by atoms with Crippen LogP contribution in [0.15, 0.2) is 27.8 Å². The molecule has 2 aromatic heterocycles. The number of aryl methyl sites for hydroxylation is 1. The zero-order valence-corrected chi connectivity index (χ0v) is 20.3. The van der Waals surface area contributed by atoms with Crippen LogP contribution in [-0.2, 0) is 13.6 Å². The summed E-state index contributed by atoms with van der Waals surface area (Å²) in [4.78, 5) is 33.6. The van der Waals surface area contributed by atoms with Crippen molar-refractivity contribution in [2.45, 2.75) is 26.5 Å². The maximum absolute atomic E-state index is 12.6. The van der Waals surface area contributed by atoms with Crippen molar-refractivity contribution in [3.63, 3.8) is 0 Å². The number of ether oxygens (including phenoxy) is 1. The first-order chi connectivity index (χ1) is 15.7. The molecule has 180 valence electrons. The smallest absolute Gasteiger partial charge is 0.329 e. The highest BCUT2D eigenvalue weighted by molar-refractivity contribution is 6.35. The summed E-state index contributed by atoms with van der Waals surface area (Å²) in [5.41, 5.74) is -0.728. The summed E-state index contributed by atoms with van der Waals surface area (Å²) < 4.78 is 8.45. The lowest BCUT2D eigenvalue weighted by Gasteiger charge is -2.19. The van der Waals surface area contributed by atoms with Crippen LogP contribution in [0.1, 0.15) is 13.8 Å². The number of nitrogens with zero attached hydrogens (tertiary/aromatic N) is 4. The second kappa shape index (κ2) is 11.1. The number of imidazole rings is 1. The number of hydrogen-bond donors (Lipinski definition) is 3. The average molecular weight is 499 g/mol. The molecule has 0 fully saturated rings. The van der Waals surface area contributed by atoms with Gasteiger partial charge in [-0.3, -0.25) is 14.3 Å². The van der Waals surface area contributed by atoms with Gasteiger partial charge in [0.25, 0.3) is 5.56 Å². The molecule has 33 heavy (non-hydrogen) atoms. The number of fused-ring (bicyclic) bond motifs is 1. The maximum Gasteiger partial charge on any atom is 0.329 e. The third-order valence-electron chi connectivity index (χ3n) is 5.33. The second-order valence-corrected chi connectivity index (χ2v) is 8.37. The Balaban J connectivity index is 1.84. The van der Waals surface area contributed by atoms with Gasteiger partial charge in [-0.15, -0.1) is 0 Å². The standard InChI is InChI=1S/C21H28Cl2N6O4/c1-4-28(5-2)9-8-24-20-25-18-17(19(31)26-21(32)27(18)3)29(20)11-14(30)12-33-16-7-6-13(22)10-15(16)23/h6-7,10,14,30H,4-5,8-9,11-12H2,1-3H3,(H,24,25)(H,26,31,32)/t14-/m1/s1. The summed E-state index contributed by atoms with van der Waals surface area (Å²) in [5.74, 6) is 0.765. The number of aliphatic hydroxyl groups is 1. The van der Waals surface area contributed by atoms with Gasteiger partial charge in [0.2, 0.25) is 5.95 Å². The Kier molecular flexibility index (Phi) is 8.41. The predicted molar refractivity (Wildman–Crippen MR) is 130 cm³/mol. The number of rotatable bonds is 11. The summed E-state index contributed by atoms with van der Waals surface area (Å²) in [6.07, 6.45) is -0.992. The number of H-pyrrole nitrogens is 1. The molecule has 0 spiro atoms. The van der Waals surface area contributed by atoms with E-state index in [-0.39, 0.29) is 24.3 Å². The van der Waals surface area contributed by atoms with Crippen molar-refractivity contribution < 1.29 is 9.84 Å². The summed E-state index contributed by atoms with van der Waals surface area (Å²) in [7, 11) is 1.53. The minimum Gasteiger partial charge on any atom is -0.489 e. The van der Waals surface area contributed by atoms with Crippen molar-refractivity contribution in [1.82, 2.24) is 24.0 Å². The Morgan fingerprint density at radius 1 is 1.27 bits per heavy atom. The summed E-state index contributed by atoms with van der Waals surface area (Å²) in [6, 6.07) is 4.80. The fourth-order valence-electron chi connectivity index (χ4n) is 3.45. The van der Waals surface area contributed by atoms with Gasteiger partial charge in [0, 0.05) is 25.2 Å². The van der Waals surface area contributed by atoms with Crippen LogP contribution in [0.3, 0.4) is 0 Å². The molecule has 0 aliphatic heterocycles. The Labute approximate surface area is 200 Å². The van der Waals surface area contributed by atoms with Gasteiger partial charge >= 0.3 is 5.69 Å². The van der Waals surface area contributed by atoms with E-state index < -0.39 is 17.4 Å². The van der Waals surface area contributed by atoms with Crippen molar-refractivity contribution >= 4 is 40.3 Å². The number of benzene rings is 1. The topological polar surface area (TPSA) is 117 Å². The van der Waals surface area contributed by atoms with Gasteiger partial charge in [-0.25, -0.2) is 4.79 Å². The molecule has 0 aliphatic rings. The van der Waals surface area contributed by atoms with Crippen molar-refractivity contribution in [1.29, 1.82) is 0 Å². The quantitative estimate of drug-likeness (QED) is 0.369. The van der Waals surface area contributed by atoms with E-state index in [1.54, 1.807) is 22.8 Å². The molecule has 10 nitrogen and oxygen atoms in total. The van der Waals surface area contributed by atoms with Crippen LogP contribution in [0.4, 0.5) is 5.95 Å². The molecule has 3 N–H and O–H groups in total. The molecule has 0 bridgehead atoms. The average Bonchev–Trinajstić information content (AvgIpc) is 3.13. The Bertz CT molecular complexity index is 1220. The number of aliphatic hydroxyl groups excluding tert-OH is 1. The van der Waals surface area contributed by atoms with E-state index in [4.69, 9.17) is 27.9 Å². The van der Waals surface area contributed by atoms with E-state index in [2.05, 4.69) is 34.0 Å². The third kappa shape index (κ3) is 5.89. The van der Waals surface area contributed by atoms with Crippen LogP contribution >= 0.6 is 23.2 Å². The van der Waals surface area contributed by atoms with Crippen LogP contribution in [0.25, 0.3) is 11.2 Å². The molecule has 0 aliphatic carbocycles. The molecule has 0 unspecified atom stereocenters. The number of likely N-dealkylation sites (N-methyl/N-ethyl adjacent to an activating group) is 1. The molecule has 1 aromatic carbocycles. The lowest BCUT2D eigenvalue weighted by molar-refractivity contribution is 0.0939. The SMILES string of the molecule is CCN(CC)CCNc1nc2c(c(=O)[nH]c(=O)n2C)n1C[C@@H](O)COc1ccc(Cl)cc1Cl. The van der Waals surface area contributed by atoms with E-state index in [0.29, 0.717) is 28.3 Å². The van der Waals surface area contributed by atoms with Gasteiger partial charge in [0.15, 0.2) is 11.2 Å². The highest BCUT2D eigenvalue weighted by Gasteiger charge is 2.20. The Hall–Kier alpha value is -2.53. The molecule has 12 heteroatoms. The number of aromatic nitrogens is 4. The van der Waals surface area contributed by atoms with Crippen LogP contribution in [0, 0.1) is 0 Å². The minimum atomic E-state index is -0.992. The van der Waals surface area contributed by atoms with E-state index in [1.807, 2.05) is 0 Å². The minimum absolute atomic E-state index is 0.0105. The van der Waals surface area contributed by atoms with Crippen LogP contribution in [-0.4, -0.2) is 68.0 Å². The molecule has 2 heterocycles. The molecule has 0 saturated heterocycles. The monoisotopic (exact) mass is 498 g/mol. The molecule has 3 rings (SSSR count). The van der Waals surface area contributed by atoms with Gasteiger partial charge in [-0.1, -0.05) is 37.0 Å². The summed E-state index contributed by atoms with van der Waals surface area (Å²) in [5, 5.41) is 14.7. The fourth-order valence-corrected chi connectivity index (χ4v) is 3.92. The second-order valence-electron chi connectivity index (χ2n) is 7.53. The third-order valence-corrected chi connectivity index (χ3v) is 5.86. The predicted octanol–water partition coefficient (Wildman–Crippen LogP) is 1.92. The van der Waals surface area contributed by atoms with Crippen molar-refractivity contribution in [2.75, 3.05) is 38.1 Å². The zero-order valence-electron chi connectivity index (χ0n) is 18.8. The van der Waals surface area contributed by atoms with Crippen LogP contribution in [0.5, 0.6) is 5.75 Å². The Morgan fingerprint density at radius 3 is 2.67 bits per heavy atom. The van der Waals surface area contributed by atoms with E-state index in [0.717, 1.165) is 19.6 Å². The molecule has 3 aromatic rings. The highest BCUT2D eigenvalue weighted by atomic mass is 35.5. The number of halogens is 2. The van der Waals surface area contributed by atoms with Crippen LogP contribution in [0.2, 0.25) is 10.0 Å². The molecule has 0 radical (unpaired) electrons. The van der Waals surface area contributed by atoms with Gasteiger partial charge in [-0.2, -0.15) is 4.98 Å². The number of aromatic amines is 1. The van der Waals surface area contributed by atoms with Gasteiger partial charge in [-0.05, 0) is 31.3 Å². The van der Waals surface area contributed by atoms with Gasteiger partial charge in [0.05, 0.1) is 11.6 Å².